The van der Waals surface area contributed by atoms with Crippen molar-refractivity contribution in [3.8, 4) is 0 Å². The standard InChI is InChI=1S/C8H9N3O3/c1-5-8(11(13)14)10-3-2-6(12)4-7(10)9-5/h2-4H2,1H3. The predicted octanol–water partition coefficient (Wildman–Crippen LogP) is 0.615. The minimum absolute atomic E-state index is 0.0208. The third kappa shape index (κ3) is 1.19. The molecule has 0 N–H and O–H groups in total. The minimum atomic E-state index is -0.443. The van der Waals surface area contributed by atoms with Gasteiger partial charge in [-0.1, -0.05) is 0 Å². The summed E-state index contributed by atoms with van der Waals surface area (Å²) in [4.78, 5) is 25.4. The van der Waals surface area contributed by atoms with E-state index in [9.17, 15) is 14.9 Å². The highest BCUT2D eigenvalue weighted by molar-refractivity contribution is 5.81. The van der Waals surface area contributed by atoms with Crippen molar-refractivity contribution in [3.63, 3.8) is 0 Å². The van der Waals surface area contributed by atoms with Crippen molar-refractivity contribution in [2.24, 2.45) is 0 Å². The number of aromatic nitrogens is 2. The van der Waals surface area contributed by atoms with Crippen molar-refractivity contribution in [3.05, 3.63) is 21.6 Å². The Hall–Kier alpha value is -1.72. The summed E-state index contributed by atoms with van der Waals surface area (Å²) < 4.78 is 1.52. The first-order valence-electron chi connectivity index (χ1n) is 4.31. The number of rotatable bonds is 1. The van der Waals surface area contributed by atoms with Crippen molar-refractivity contribution in [2.75, 3.05) is 0 Å². The molecule has 0 atom stereocenters. The molecule has 2 rings (SSSR count). The van der Waals surface area contributed by atoms with E-state index in [2.05, 4.69) is 4.98 Å². The Balaban J connectivity index is 2.54. The van der Waals surface area contributed by atoms with Gasteiger partial charge < -0.3 is 10.1 Å². The Kier molecular flexibility index (Phi) is 1.83. The number of fused-ring (bicyclic) bond motifs is 1. The number of Topliss-reactive ketones (excluding diaryl/α,β-unsaturated/α-hetero) is 1. The zero-order valence-corrected chi connectivity index (χ0v) is 7.69. The molecule has 0 radical (unpaired) electrons. The van der Waals surface area contributed by atoms with Crippen LogP contribution in [0.1, 0.15) is 17.9 Å². The average molecular weight is 195 g/mol. The molecule has 6 heteroatoms. The Labute approximate surface area is 79.7 Å². The monoisotopic (exact) mass is 195 g/mol. The molecule has 0 bridgehead atoms. The first-order valence-corrected chi connectivity index (χ1v) is 4.31. The van der Waals surface area contributed by atoms with Gasteiger partial charge in [0.05, 0.1) is 13.0 Å². The molecule has 0 saturated heterocycles. The van der Waals surface area contributed by atoms with Gasteiger partial charge in [-0.15, -0.1) is 0 Å². The van der Waals surface area contributed by atoms with Crippen LogP contribution in [0.15, 0.2) is 0 Å². The lowest BCUT2D eigenvalue weighted by atomic mass is 10.1. The average Bonchev–Trinajstić information content (AvgIpc) is 2.39. The maximum absolute atomic E-state index is 11.1. The first-order chi connectivity index (χ1) is 6.59. The van der Waals surface area contributed by atoms with Gasteiger partial charge in [0, 0.05) is 6.42 Å². The number of ketones is 1. The van der Waals surface area contributed by atoms with Crippen molar-refractivity contribution in [1.29, 1.82) is 0 Å². The van der Waals surface area contributed by atoms with Gasteiger partial charge in [-0.3, -0.25) is 4.79 Å². The summed E-state index contributed by atoms with van der Waals surface area (Å²) in [5.74, 6) is 0.635. The Morgan fingerprint density at radius 1 is 1.57 bits per heavy atom. The van der Waals surface area contributed by atoms with E-state index < -0.39 is 4.92 Å². The second kappa shape index (κ2) is 2.90. The summed E-state index contributed by atoms with van der Waals surface area (Å²) in [6.45, 7) is 1.97. The molecule has 0 unspecified atom stereocenters. The Morgan fingerprint density at radius 3 is 2.93 bits per heavy atom. The normalized spacial score (nSPS) is 15.4. The molecule has 0 saturated carbocycles. The van der Waals surface area contributed by atoms with E-state index >= 15 is 0 Å². The van der Waals surface area contributed by atoms with Crippen LogP contribution in [0.5, 0.6) is 0 Å². The van der Waals surface area contributed by atoms with Gasteiger partial charge in [-0.05, 0) is 11.8 Å². The van der Waals surface area contributed by atoms with E-state index in [1.54, 1.807) is 6.92 Å². The number of nitrogens with zero attached hydrogens (tertiary/aromatic N) is 3. The second-order valence-corrected chi connectivity index (χ2v) is 3.31. The van der Waals surface area contributed by atoms with Gasteiger partial charge in [0.15, 0.2) is 0 Å². The second-order valence-electron chi connectivity index (χ2n) is 3.31. The lowest BCUT2D eigenvalue weighted by Gasteiger charge is -2.08. The van der Waals surface area contributed by atoms with Gasteiger partial charge in [0.1, 0.15) is 11.5 Å². The maximum atomic E-state index is 11.1. The van der Waals surface area contributed by atoms with E-state index in [0.717, 1.165) is 0 Å². The van der Waals surface area contributed by atoms with Crippen LogP contribution in [-0.4, -0.2) is 20.3 Å². The Morgan fingerprint density at radius 2 is 2.29 bits per heavy atom. The molecule has 0 amide bonds. The van der Waals surface area contributed by atoms with Crippen molar-refractivity contribution in [1.82, 2.24) is 9.55 Å². The lowest BCUT2D eigenvalue weighted by Crippen LogP contribution is -2.19. The number of hydrogen-bond acceptors (Lipinski definition) is 4. The van der Waals surface area contributed by atoms with Gasteiger partial charge in [-0.2, -0.15) is 0 Å². The molecular formula is C8H9N3O3. The molecule has 1 aliphatic heterocycles. The van der Waals surface area contributed by atoms with Gasteiger partial charge >= 0.3 is 5.82 Å². The molecule has 1 aliphatic rings. The summed E-state index contributed by atoms with van der Waals surface area (Å²) in [6.07, 6.45) is 0.582. The molecule has 0 spiro atoms. The maximum Gasteiger partial charge on any atom is 0.345 e. The largest absolute Gasteiger partial charge is 0.358 e. The topological polar surface area (TPSA) is 78.0 Å². The third-order valence-corrected chi connectivity index (χ3v) is 2.33. The van der Waals surface area contributed by atoms with E-state index in [4.69, 9.17) is 0 Å². The fourth-order valence-electron chi connectivity index (χ4n) is 1.72. The summed E-state index contributed by atoms with van der Waals surface area (Å²) in [5, 5.41) is 10.7. The van der Waals surface area contributed by atoms with E-state index in [-0.39, 0.29) is 18.0 Å². The molecule has 0 fully saturated rings. The lowest BCUT2D eigenvalue weighted by molar-refractivity contribution is -0.392. The number of carbonyl (C=O) groups excluding carboxylic acids is 1. The highest BCUT2D eigenvalue weighted by atomic mass is 16.6. The highest BCUT2D eigenvalue weighted by Crippen LogP contribution is 2.23. The minimum Gasteiger partial charge on any atom is -0.358 e. The SMILES string of the molecule is Cc1nc2n(c1[N+](=O)[O-])CCC(=O)C2. The molecule has 1 aromatic rings. The molecule has 74 valence electrons. The molecular weight excluding hydrogens is 186 g/mol. The van der Waals surface area contributed by atoms with Crippen molar-refractivity contribution < 1.29 is 9.72 Å². The predicted molar refractivity (Wildman–Crippen MR) is 46.9 cm³/mol. The van der Waals surface area contributed by atoms with Gasteiger partial charge in [0.25, 0.3) is 0 Å². The van der Waals surface area contributed by atoms with Crippen LogP contribution in [0.4, 0.5) is 5.82 Å². The van der Waals surface area contributed by atoms with Crippen molar-refractivity contribution >= 4 is 11.6 Å². The number of carbonyl (C=O) groups is 1. The summed E-state index contributed by atoms with van der Waals surface area (Å²) in [7, 11) is 0. The van der Waals surface area contributed by atoms with Crippen LogP contribution in [0, 0.1) is 17.0 Å². The van der Waals surface area contributed by atoms with E-state index in [1.807, 2.05) is 0 Å². The molecule has 1 aromatic heterocycles. The fraction of sp³-hybridized carbons (Fsp3) is 0.500. The van der Waals surface area contributed by atoms with Crippen LogP contribution < -0.4 is 0 Å². The van der Waals surface area contributed by atoms with E-state index in [1.165, 1.54) is 4.57 Å². The summed E-state index contributed by atoms with van der Waals surface area (Å²) in [5.41, 5.74) is 0.389. The van der Waals surface area contributed by atoms with Crippen LogP contribution in [0.2, 0.25) is 0 Å². The number of hydrogen-bond donors (Lipinski definition) is 0. The smallest absolute Gasteiger partial charge is 0.345 e. The number of nitro groups is 1. The molecule has 14 heavy (non-hydrogen) atoms. The molecule has 6 nitrogen and oxygen atoms in total. The number of aryl methyl sites for hydroxylation is 1. The van der Waals surface area contributed by atoms with Crippen LogP contribution in [0.25, 0.3) is 0 Å². The van der Waals surface area contributed by atoms with Gasteiger partial charge in [-0.25, -0.2) is 9.55 Å². The third-order valence-electron chi connectivity index (χ3n) is 2.33. The highest BCUT2D eigenvalue weighted by Gasteiger charge is 2.29. The quantitative estimate of drug-likeness (QED) is 0.486. The summed E-state index contributed by atoms with van der Waals surface area (Å²) in [6, 6.07) is 0. The van der Waals surface area contributed by atoms with Crippen molar-refractivity contribution in [2.45, 2.75) is 26.3 Å². The van der Waals surface area contributed by atoms with E-state index in [0.29, 0.717) is 24.5 Å². The number of imidazole rings is 1. The molecule has 0 aliphatic carbocycles. The molecule has 2 heterocycles. The van der Waals surface area contributed by atoms with Crippen LogP contribution in [-0.2, 0) is 17.8 Å². The van der Waals surface area contributed by atoms with Gasteiger partial charge in [0.2, 0.25) is 5.82 Å². The zero-order chi connectivity index (χ0) is 10.3. The Bertz CT molecular complexity index is 422. The summed E-state index contributed by atoms with van der Waals surface area (Å²) >= 11 is 0. The van der Waals surface area contributed by atoms with Crippen LogP contribution >= 0.6 is 0 Å². The fourth-order valence-corrected chi connectivity index (χ4v) is 1.72. The zero-order valence-electron chi connectivity index (χ0n) is 7.69. The molecule has 0 aromatic carbocycles. The first kappa shape index (κ1) is 8.86. The van der Waals surface area contributed by atoms with Crippen LogP contribution in [0.3, 0.4) is 0 Å².